The molecule has 0 aliphatic heterocycles. The maximum Gasteiger partial charge on any atom is 0.249 e. The molecular formula is C29H32N4O2S. The van der Waals surface area contributed by atoms with Crippen molar-refractivity contribution in [3.05, 3.63) is 65.7 Å². The van der Waals surface area contributed by atoms with Gasteiger partial charge in [0, 0.05) is 17.4 Å². The van der Waals surface area contributed by atoms with Gasteiger partial charge < -0.3 is 5.32 Å². The van der Waals surface area contributed by atoms with Crippen LogP contribution in [-0.4, -0.2) is 28.1 Å². The smallest absolute Gasteiger partial charge is 0.249 e. The highest BCUT2D eigenvalue weighted by molar-refractivity contribution is 7.18. The van der Waals surface area contributed by atoms with E-state index < -0.39 is 6.04 Å². The Hall–Kier alpha value is -3.06. The summed E-state index contributed by atoms with van der Waals surface area (Å²) in [5.74, 6) is 1.83. The Labute approximate surface area is 215 Å². The molecule has 4 aliphatic rings. The summed E-state index contributed by atoms with van der Waals surface area (Å²) >= 11 is 1.35. The molecule has 1 aromatic heterocycles. The second-order valence-electron chi connectivity index (χ2n) is 11.2. The van der Waals surface area contributed by atoms with Crippen molar-refractivity contribution < 1.29 is 9.59 Å². The number of benzene rings is 2. The monoisotopic (exact) mass is 500 g/mol. The van der Waals surface area contributed by atoms with Gasteiger partial charge >= 0.3 is 0 Å². The zero-order chi connectivity index (χ0) is 24.7. The second kappa shape index (κ2) is 9.43. The first-order chi connectivity index (χ1) is 17.5. The van der Waals surface area contributed by atoms with E-state index in [-0.39, 0.29) is 17.2 Å². The summed E-state index contributed by atoms with van der Waals surface area (Å²) in [7, 11) is 0. The summed E-state index contributed by atoms with van der Waals surface area (Å²) < 4.78 is 0. The molecule has 2 N–H and O–H groups in total. The largest absolute Gasteiger partial charge is 0.343 e. The number of carbonyl (C=O) groups is 2. The molecule has 6 nitrogen and oxygen atoms in total. The number of aromatic nitrogens is 2. The molecule has 186 valence electrons. The minimum Gasteiger partial charge on any atom is -0.343 e. The number of nitrogens with one attached hydrogen (secondary N) is 2. The topological polar surface area (TPSA) is 84.0 Å². The molecule has 4 bridgehead atoms. The van der Waals surface area contributed by atoms with Crippen LogP contribution in [0.1, 0.15) is 49.7 Å². The first-order valence-electron chi connectivity index (χ1n) is 13.0. The van der Waals surface area contributed by atoms with Crippen molar-refractivity contribution >= 4 is 28.3 Å². The Kier molecular flexibility index (Phi) is 6.12. The first kappa shape index (κ1) is 23.3. The Bertz CT molecular complexity index is 1240. The van der Waals surface area contributed by atoms with Gasteiger partial charge in [-0.15, -0.1) is 10.2 Å². The van der Waals surface area contributed by atoms with Crippen LogP contribution in [0.5, 0.6) is 0 Å². The van der Waals surface area contributed by atoms with E-state index >= 15 is 0 Å². The van der Waals surface area contributed by atoms with Gasteiger partial charge in [0.15, 0.2) is 0 Å². The quantitative estimate of drug-likeness (QED) is 0.455. The molecule has 3 aromatic rings. The highest BCUT2D eigenvalue weighted by Crippen LogP contribution is 2.60. The van der Waals surface area contributed by atoms with Crippen molar-refractivity contribution in [2.75, 3.05) is 5.32 Å². The van der Waals surface area contributed by atoms with Crippen LogP contribution in [0.25, 0.3) is 10.6 Å². The van der Waals surface area contributed by atoms with Crippen LogP contribution in [0.4, 0.5) is 5.13 Å². The summed E-state index contributed by atoms with van der Waals surface area (Å²) in [6.07, 6.45) is 7.19. The van der Waals surface area contributed by atoms with E-state index in [4.69, 9.17) is 0 Å². The molecule has 1 unspecified atom stereocenters. The highest BCUT2D eigenvalue weighted by atomic mass is 32.1. The van der Waals surface area contributed by atoms with Crippen LogP contribution in [0.2, 0.25) is 0 Å². The lowest BCUT2D eigenvalue weighted by atomic mass is 9.49. The number of amides is 2. The van der Waals surface area contributed by atoms with Crippen molar-refractivity contribution in [1.82, 2.24) is 15.5 Å². The van der Waals surface area contributed by atoms with Crippen LogP contribution in [0.15, 0.2) is 54.6 Å². The van der Waals surface area contributed by atoms with Crippen LogP contribution in [0.3, 0.4) is 0 Å². The number of rotatable bonds is 7. The van der Waals surface area contributed by atoms with Crippen LogP contribution >= 0.6 is 11.3 Å². The van der Waals surface area contributed by atoms with Gasteiger partial charge in [0.2, 0.25) is 16.9 Å². The van der Waals surface area contributed by atoms with Crippen molar-refractivity contribution in [2.45, 2.75) is 57.9 Å². The number of carbonyl (C=O) groups excluding carboxylic acids is 2. The Morgan fingerprint density at radius 3 is 2.33 bits per heavy atom. The maximum atomic E-state index is 13.8. The lowest BCUT2D eigenvalue weighted by Crippen LogP contribution is -2.57. The zero-order valence-electron chi connectivity index (χ0n) is 20.6. The fourth-order valence-corrected chi connectivity index (χ4v) is 7.86. The molecule has 36 heavy (non-hydrogen) atoms. The molecular weight excluding hydrogens is 468 g/mol. The predicted molar refractivity (Wildman–Crippen MR) is 141 cm³/mol. The van der Waals surface area contributed by atoms with Crippen LogP contribution < -0.4 is 10.6 Å². The van der Waals surface area contributed by atoms with Crippen molar-refractivity contribution in [2.24, 2.45) is 23.2 Å². The number of hydrogen-bond acceptors (Lipinski definition) is 5. The number of aryl methyl sites for hydroxylation is 1. The average molecular weight is 501 g/mol. The lowest BCUT2D eigenvalue weighted by Gasteiger charge is -2.55. The molecule has 1 heterocycles. The van der Waals surface area contributed by atoms with Crippen LogP contribution in [-0.2, 0) is 16.0 Å². The lowest BCUT2D eigenvalue weighted by molar-refractivity contribution is -0.148. The van der Waals surface area contributed by atoms with E-state index in [1.54, 1.807) is 0 Å². The Morgan fingerprint density at radius 2 is 1.67 bits per heavy atom. The SMILES string of the molecule is Cc1cccc(-c2nnc(NC(=O)C(Cc3ccccc3)NC(=O)C34CC5CC(CC(C5)C3)C4)s2)c1. The van der Waals surface area contributed by atoms with E-state index in [0.29, 0.717) is 29.3 Å². The Morgan fingerprint density at radius 1 is 0.972 bits per heavy atom. The summed E-state index contributed by atoms with van der Waals surface area (Å²) in [6, 6.07) is 17.3. The number of nitrogens with zero attached hydrogens (tertiary/aromatic N) is 2. The summed E-state index contributed by atoms with van der Waals surface area (Å²) in [4.78, 5) is 27.3. The molecule has 0 spiro atoms. The van der Waals surface area contributed by atoms with Gasteiger partial charge in [0.05, 0.1) is 0 Å². The van der Waals surface area contributed by atoms with E-state index in [1.807, 2.05) is 55.5 Å². The summed E-state index contributed by atoms with van der Waals surface area (Å²) in [5, 5.41) is 15.8. The molecule has 7 heteroatoms. The van der Waals surface area contributed by atoms with Crippen LogP contribution in [0, 0.1) is 30.1 Å². The van der Waals surface area contributed by atoms with E-state index in [1.165, 1.54) is 30.6 Å². The molecule has 0 radical (unpaired) electrons. The van der Waals surface area contributed by atoms with E-state index in [2.05, 4.69) is 26.9 Å². The van der Waals surface area contributed by atoms with Gasteiger partial charge in [0.1, 0.15) is 11.0 Å². The highest BCUT2D eigenvalue weighted by Gasteiger charge is 2.55. The molecule has 2 amide bonds. The Balaban J connectivity index is 1.20. The standard InChI is InChI=1S/C29H32N4O2S/c1-18-6-5-9-23(10-18)26-32-33-28(36-26)31-25(34)24(14-19-7-3-2-4-8-19)30-27(35)29-15-20-11-21(16-29)13-22(12-20)17-29/h2-10,20-22,24H,11-17H2,1H3,(H,30,35)(H,31,33,34). The third kappa shape index (κ3) is 4.69. The van der Waals surface area contributed by atoms with Gasteiger partial charge in [0.25, 0.3) is 0 Å². The number of anilines is 1. The minimum absolute atomic E-state index is 0.0652. The fraction of sp³-hybridized carbons (Fsp3) is 0.448. The molecule has 4 fully saturated rings. The van der Waals surface area contributed by atoms with Crippen molar-refractivity contribution in [1.29, 1.82) is 0 Å². The third-order valence-electron chi connectivity index (χ3n) is 8.34. The molecule has 2 aromatic carbocycles. The zero-order valence-corrected chi connectivity index (χ0v) is 21.4. The molecule has 4 aliphatic carbocycles. The van der Waals surface area contributed by atoms with E-state index in [9.17, 15) is 9.59 Å². The van der Waals surface area contributed by atoms with Gasteiger partial charge in [-0.1, -0.05) is 65.4 Å². The first-order valence-corrected chi connectivity index (χ1v) is 13.8. The average Bonchev–Trinajstić information content (AvgIpc) is 3.32. The van der Waals surface area contributed by atoms with Gasteiger partial charge in [-0.2, -0.15) is 0 Å². The molecule has 0 saturated heterocycles. The number of hydrogen-bond donors (Lipinski definition) is 2. The maximum absolute atomic E-state index is 13.8. The minimum atomic E-state index is -0.667. The van der Waals surface area contributed by atoms with Gasteiger partial charge in [-0.25, -0.2) is 0 Å². The third-order valence-corrected chi connectivity index (χ3v) is 9.23. The molecule has 4 saturated carbocycles. The van der Waals surface area contributed by atoms with E-state index in [0.717, 1.165) is 41.0 Å². The summed E-state index contributed by atoms with van der Waals surface area (Å²) in [6.45, 7) is 2.04. The fourth-order valence-electron chi connectivity index (χ4n) is 7.12. The molecule has 7 rings (SSSR count). The van der Waals surface area contributed by atoms with Gasteiger partial charge in [-0.05, 0) is 74.8 Å². The predicted octanol–water partition coefficient (Wildman–Crippen LogP) is 5.40. The second-order valence-corrected chi connectivity index (χ2v) is 12.2. The van der Waals surface area contributed by atoms with Crippen molar-refractivity contribution in [3.63, 3.8) is 0 Å². The molecule has 1 atom stereocenters. The normalized spacial score (nSPS) is 27.0. The van der Waals surface area contributed by atoms with Crippen molar-refractivity contribution in [3.8, 4) is 10.6 Å². The summed E-state index contributed by atoms with van der Waals surface area (Å²) in [5.41, 5.74) is 2.83. The van der Waals surface area contributed by atoms with Gasteiger partial charge in [-0.3, -0.25) is 14.9 Å².